The van der Waals surface area contributed by atoms with E-state index in [9.17, 15) is 14.4 Å². The molecule has 1 aromatic carbocycles. The Morgan fingerprint density at radius 1 is 1.33 bits per heavy atom. The first-order chi connectivity index (χ1) is 11.2. The van der Waals surface area contributed by atoms with Gasteiger partial charge in [0.25, 0.3) is 5.91 Å². The highest BCUT2D eigenvalue weighted by Crippen LogP contribution is 2.31. The van der Waals surface area contributed by atoms with Crippen molar-refractivity contribution >= 4 is 35.2 Å². The summed E-state index contributed by atoms with van der Waals surface area (Å²) in [6.45, 7) is 7.09. The lowest BCUT2D eigenvalue weighted by Gasteiger charge is -2.23. The number of carbonyl (C=O) groups is 3. The summed E-state index contributed by atoms with van der Waals surface area (Å²) in [5.74, 6) is -0.330. The summed E-state index contributed by atoms with van der Waals surface area (Å²) in [7, 11) is 0. The fraction of sp³-hybridized carbons (Fsp3) is 0.471. The average Bonchev–Trinajstić information content (AvgIpc) is 2.64. The van der Waals surface area contributed by atoms with Crippen molar-refractivity contribution in [2.75, 3.05) is 11.1 Å². The Bertz CT molecular complexity index is 667. The Hall–Kier alpha value is -2.02. The van der Waals surface area contributed by atoms with Gasteiger partial charge in [-0.3, -0.25) is 9.59 Å². The second-order valence-corrected chi connectivity index (χ2v) is 7.78. The van der Waals surface area contributed by atoms with Crippen molar-refractivity contribution < 1.29 is 19.1 Å². The largest absolute Gasteiger partial charge is 0.449 e. The lowest BCUT2D eigenvalue weighted by atomic mass is 10.1. The summed E-state index contributed by atoms with van der Waals surface area (Å²) in [6, 6.07) is 5.00. The summed E-state index contributed by atoms with van der Waals surface area (Å²) >= 11 is 1.56. The van der Waals surface area contributed by atoms with Gasteiger partial charge in [-0.1, -0.05) is 0 Å². The van der Waals surface area contributed by atoms with Gasteiger partial charge < -0.3 is 15.4 Å². The third kappa shape index (κ3) is 4.99. The van der Waals surface area contributed by atoms with Gasteiger partial charge in [-0.2, -0.15) is 0 Å². The molecular formula is C17H22N2O4S. The highest BCUT2D eigenvalue weighted by Gasteiger charge is 2.23. The molecule has 2 amide bonds. The molecule has 7 heteroatoms. The summed E-state index contributed by atoms with van der Waals surface area (Å²) in [4.78, 5) is 36.8. The molecule has 6 nitrogen and oxygen atoms in total. The molecule has 1 aliphatic heterocycles. The molecule has 1 atom stereocenters. The maximum Gasteiger partial charge on any atom is 0.338 e. The minimum Gasteiger partial charge on any atom is -0.449 e. The van der Waals surface area contributed by atoms with Gasteiger partial charge in [-0.25, -0.2) is 4.79 Å². The van der Waals surface area contributed by atoms with Crippen LogP contribution in [0.3, 0.4) is 0 Å². The summed E-state index contributed by atoms with van der Waals surface area (Å²) in [5, 5.41) is 5.54. The smallest absolute Gasteiger partial charge is 0.338 e. The van der Waals surface area contributed by atoms with E-state index in [1.807, 2.05) is 20.8 Å². The summed E-state index contributed by atoms with van der Waals surface area (Å²) in [5.41, 5.74) is 0.499. The standard InChI is InChI=1S/C17H22N2O4S/c1-10(15(21)19-17(2,3)4)23-16(22)11-5-6-13-12(9-11)18-14(20)7-8-24-13/h5-6,9-10H,7-8H2,1-4H3,(H,18,20)(H,19,21)/t10-/m1/s1. The zero-order valence-electron chi connectivity index (χ0n) is 14.3. The van der Waals surface area contributed by atoms with Gasteiger partial charge in [0.15, 0.2) is 6.10 Å². The number of fused-ring (bicyclic) bond motifs is 1. The van der Waals surface area contributed by atoms with Crippen molar-refractivity contribution in [2.24, 2.45) is 0 Å². The van der Waals surface area contributed by atoms with Gasteiger partial charge in [0.1, 0.15) is 0 Å². The minimum atomic E-state index is -0.903. The summed E-state index contributed by atoms with van der Waals surface area (Å²) < 4.78 is 5.22. The fourth-order valence-electron chi connectivity index (χ4n) is 2.10. The van der Waals surface area contributed by atoms with Crippen molar-refractivity contribution in [1.29, 1.82) is 0 Å². The lowest BCUT2D eigenvalue weighted by molar-refractivity contribution is -0.130. The van der Waals surface area contributed by atoms with Crippen molar-refractivity contribution in [3.63, 3.8) is 0 Å². The maximum absolute atomic E-state index is 12.3. The van der Waals surface area contributed by atoms with Crippen LogP contribution in [0.2, 0.25) is 0 Å². The number of thioether (sulfide) groups is 1. The fourth-order valence-corrected chi connectivity index (χ4v) is 3.04. The first-order valence-corrected chi connectivity index (χ1v) is 8.74. The number of carbonyl (C=O) groups excluding carboxylic acids is 3. The number of hydrogen-bond acceptors (Lipinski definition) is 5. The number of anilines is 1. The van der Waals surface area contributed by atoms with Crippen LogP contribution in [0.25, 0.3) is 0 Å². The summed E-state index contributed by atoms with van der Waals surface area (Å²) in [6.07, 6.45) is -0.470. The number of amides is 2. The first kappa shape index (κ1) is 18.3. The van der Waals surface area contributed by atoms with E-state index in [1.165, 1.54) is 6.92 Å². The van der Waals surface area contributed by atoms with Crippen LogP contribution in [0.4, 0.5) is 5.69 Å². The van der Waals surface area contributed by atoms with E-state index in [2.05, 4.69) is 10.6 Å². The molecule has 0 saturated heterocycles. The highest BCUT2D eigenvalue weighted by atomic mass is 32.2. The molecule has 2 N–H and O–H groups in total. The molecule has 0 radical (unpaired) electrons. The van der Waals surface area contributed by atoms with E-state index >= 15 is 0 Å². The molecule has 0 fully saturated rings. The molecule has 0 spiro atoms. The molecule has 24 heavy (non-hydrogen) atoms. The number of ether oxygens (including phenoxy) is 1. The first-order valence-electron chi connectivity index (χ1n) is 7.75. The maximum atomic E-state index is 12.3. The van der Waals surface area contributed by atoms with Crippen molar-refractivity contribution in [3.8, 4) is 0 Å². The minimum absolute atomic E-state index is 0.0790. The van der Waals surface area contributed by atoms with Gasteiger partial charge in [-0.15, -0.1) is 11.8 Å². The zero-order chi connectivity index (χ0) is 17.9. The van der Waals surface area contributed by atoms with Gasteiger partial charge in [0, 0.05) is 22.6 Å². The molecule has 130 valence electrons. The van der Waals surface area contributed by atoms with Crippen LogP contribution in [0.5, 0.6) is 0 Å². The van der Waals surface area contributed by atoms with E-state index in [0.717, 1.165) is 4.90 Å². The predicted molar refractivity (Wildman–Crippen MR) is 93.2 cm³/mol. The molecule has 2 rings (SSSR count). The molecule has 0 aliphatic carbocycles. The normalized spacial score (nSPS) is 15.6. The SMILES string of the molecule is C[C@@H](OC(=O)c1ccc2c(c1)NC(=O)CCS2)C(=O)NC(C)(C)C. The molecule has 1 aromatic rings. The van der Waals surface area contributed by atoms with Crippen molar-refractivity contribution in [1.82, 2.24) is 5.32 Å². The second-order valence-electron chi connectivity index (χ2n) is 6.64. The van der Waals surface area contributed by atoms with Crippen molar-refractivity contribution in [2.45, 2.75) is 50.7 Å². The van der Waals surface area contributed by atoms with Crippen LogP contribution >= 0.6 is 11.8 Å². The average molecular weight is 350 g/mol. The van der Waals surface area contributed by atoms with E-state index in [0.29, 0.717) is 23.4 Å². The van der Waals surface area contributed by atoms with Crippen LogP contribution in [-0.4, -0.2) is 35.2 Å². The van der Waals surface area contributed by atoms with Gasteiger partial charge in [0.2, 0.25) is 5.91 Å². The molecule has 1 heterocycles. The monoisotopic (exact) mass is 350 g/mol. The van der Waals surface area contributed by atoms with Crippen LogP contribution in [-0.2, 0) is 14.3 Å². The van der Waals surface area contributed by atoms with Gasteiger partial charge >= 0.3 is 5.97 Å². The predicted octanol–water partition coefficient (Wildman–Crippen LogP) is 2.58. The van der Waals surface area contributed by atoms with Crippen LogP contribution < -0.4 is 10.6 Å². The zero-order valence-corrected chi connectivity index (χ0v) is 15.1. The molecule has 1 aliphatic rings. The van der Waals surface area contributed by atoms with Gasteiger partial charge in [-0.05, 0) is 45.9 Å². The third-order valence-electron chi connectivity index (χ3n) is 3.23. The van der Waals surface area contributed by atoms with Crippen molar-refractivity contribution in [3.05, 3.63) is 23.8 Å². The number of hydrogen-bond donors (Lipinski definition) is 2. The Morgan fingerprint density at radius 2 is 2.04 bits per heavy atom. The van der Waals surface area contributed by atoms with Crippen LogP contribution in [0.1, 0.15) is 44.5 Å². The Kier molecular flexibility index (Phi) is 5.54. The molecule has 0 aromatic heterocycles. The Balaban J connectivity index is 2.07. The van der Waals surface area contributed by atoms with Gasteiger partial charge in [0.05, 0.1) is 11.3 Å². The highest BCUT2D eigenvalue weighted by molar-refractivity contribution is 7.99. The molecule has 0 bridgehead atoms. The Labute approximate surface area is 145 Å². The van der Waals surface area contributed by atoms with Crippen LogP contribution in [0.15, 0.2) is 23.1 Å². The molecule has 0 unspecified atom stereocenters. The topological polar surface area (TPSA) is 84.5 Å². The van der Waals surface area contributed by atoms with E-state index in [-0.39, 0.29) is 11.8 Å². The number of benzene rings is 1. The number of nitrogens with one attached hydrogen (secondary N) is 2. The molecule has 0 saturated carbocycles. The number of esters is 1. The Morgan fingerprint density at radius 3 is 2.71 bits per heavy atom. The quantitative estimate of drug-likeness (QED) is 0.819. The number of rotatable bonds is 3. The van der Waals surface area contributed by atoms with E-state index < -0.39 is 17.6 Å². The van der Waals surface area contributed by atoms with Crippen LogP contribution in [0, 0.1) is 0 Å². The second kappa shape index (κ2) is 7.25. The lowest BCUT2D eigenvalue weighted by Crippen LogP contribution is -2.46. The van der Waals surface area contributed by atoms with E-state index in [1.54, 1.807) is 30.0 Å². The molecular weight excluding hydrogens is 328 g/mol. The van der Waals surface area contributed by atoms with E-state index in [4.69, 9.17) is 4.74 Å². The third-order valence-corrected chi connectivity index (χ3v) is 4.30.